The van der Waals surface area contributed by atoms with Crippen LogP contribution in [0.15, 0.2) is 0 Å². The SMILES string of the molecule is CC1(O)CCN(CCN)C1. The molecule has 1 heterocycles. The second-order valence-corrected chi connectivity index (χ2v) is 3.31. The van der Waals surface area contributed by atoms with Gasteiger partial charge in [0.05, 0.1) is 5.60 Å². The molecule has 0 aromatic rings. The predicted octanol–water partition coefficient (Wildman–Crippen LogP) is -0.598. The molecular formula is C7H16N2O. The Kier molecular flexibility index (Phi) is 2.28. The Bertz CT molecular complexity index is 114. The molecule has 0 spiro atoms. The maximum atomic E-state index is 9.51. The van der Waals surface area contributed by atoms with Crippen LogP contribution in [0.3, 0.4) is 0 Å². The van der Waals surface area contributed by atoms with Gasteiger partial charge in [-0.25, -0.2) is 0 Å². The maximum absolute atomic E-state index is 9.51. The van der Waals surface area contributed by atoms with Crippen LogP contribution < -0.4 is 5.73 Å². The molecule has 1 aliphatic heterocycles. The predicted molar refractivity (Wildman–Crippen MR) is 40.7 cm³/mol. The molecule has 0 bridgehead atoms. The second kappa shape index (κ2) is 2.86. The average Bonchev–Trinajstić information content (AvgIpc) is 2.12. The largest absolute Gasteiger partial charge is 0.389 e. The van der Waals surface area contributed by atoms with Gasteiger partial charge in [0.15, 0.2) is 0 Å². The molecule has 0 amide bonds. The van der Waals surface area contributed by atoms with E-state index in [0.717, 1.165) is 26.1 Å². The van der Waals surface area contributed by atoms with Crippen LogP contribution in [0, 0.1) is 0 Å². The number of nitrogens with zero attached hydrogens (tertiary/aromatic N) is 1. The third-order valence-electron chi connectivity index (χ3n) is 1.98. The summed E-state index contributed by atoms with van der Waals surface area (Å²) in [6.45, 7) is 5.25. The molecule has 3 nitrogen and oxygen atoms in total. The number of nitrogens with two attached hydrogens (primary N) is 1. The fraction of sp³-hybridized carbons (Fsp3) is 1.00. The Balaban J connectivity index is 2.29. The van der Waals surface area contributed by atoms with Gasteiger partial charge >= 0.3 is 0 Å². The van der Waals surface area contributed by atoms with E-state index in [1.54, 1.807) is 0 Å². The Morgan fingerprint density at radius 1 is 1.70 bits per heavy atom. The molecule has 3 N–H and O–H groups in total. The number of rotatable bonds is 2. The molecule has 0 aromatic heterocycles. The first-order valence-corrected chi connectivity index (χ1v) is 3.79. The highest BCUT2D eigenvalue weighted by Gasteiger charge is 2.30. The van der Waals surface area contributed by atoms with Crippen LogP contribution in [0.1, 0.15) is 13.3 Å². The van der Waals surface area contributed by atoms with Crippen molar-refractivity contribution in [2.75, 3.05) is 26.2 Å². The van der Waals surface area contributed by atoms with E-state index >= 15 is 0 Å². The maximum Gasteiger partial charge on any atom is 0.0758 e. The molecule has 60 valence electrons. The van der Waals surface area contributed by atoms with Crippen LogP contribution >= 0.6 is 0 Å². The van der Waals surface area contributed by atoms with E-state index in [1.807, 2.05) is 6.92 Å². The van der Waals surface area contributed by atoms with Crippen molar-refractivity contribution in [3.8, 4) is 0 Å². The molecular weight excluding hydrogens is 128 g/mol. The van der Waals surface area contributed by atoms with E-state index in [2.05, 4.69) is 4.90 Å². The summed E-state index contributed by atoms with van der Waals surface area (Å²) < 4.78 is 0. The van der Waals surface area contributed by atoms with Crippen molar-refractivity contribution < 1.29 is 5.11 Å². The summed E-state index contributed by atoms with van der Waals surface area (Å²) >= 11 is 0. The summed E-state index contributed by atoms with van der Waals surface area (Å²) in [4.78, 5) is 2.19. The van der Waals surface area contributed by atoms with Gasteiger partial charge in [-0.15, -0.1) is 0 Å². The lowest BCUT2D eigenvalue weighted by atomic mass is 10.1. The van der Waals surface area contributed by atoms with Gasteiger partial charge in [0.25, 0.3) is 0 Å². The fourth-order valence-electron chi connectivity index (χ4n) is 1.41. The highest BCUT2D eigenvalue weighted by atomic mass is 16.3. The van der Waals surface area contributed by atoms with E-state index in [-0.39, 0.29) is 0 Å². The highest BCUT2D eigenvalue weighted by Crippen LogP contribution is 2.18. The molecule has 0 radical (unpaired) electrons. The standard InChI is InChI=1S/C7H16N2O/c1-7(10)2-4-9(6-7)5-3-8/h10H,2-6,8H2,1H3. The summed E-state index contributed by atoms with van der Waals surface area (Å²) in [6, 6.07) is 0. The fourth-order valence-corrected chi connectivity index (χ4v) is 1.41. The van der Waals surface area contributed by atoms with Crippen LogP contribution in [0.4, 0.5) is 0 Å². The first-order valence-electron chi connectivity index (χ1n) is 3.79. The van der Waals surface area contributed by atoms with Crippen LogP contribution in [0.2, 0.25) is 0 Å². The summed E-state index contributed by atoms with van der Waals surface area (Å²) in [6.07, 6.45) is 0.882. The number of β-amino-alcohol motifs (C(OH)–C–C–N with tert-alkyl or cyclic N) is 1. The summed E-state index contributed by atoms with van der Waals surface area (Å²) in [7, 11) is 0. The van der Waals surface area contributed by atoms with Gasteiger partial charge in [-0.05, 0) is 13.3 Å². The van der Waals surface area contributed by atoms with Crippen molar-refractivity contribution in [3.05, 3.63) is 0 Å². The van der Waals surface area contributed by atoms with Crippen molar-refractivity contribution >= 4 is 0 Å². The lowest BCUT2D eigenvalue weighted by Gasteiger charge is -2.17. The zero-order valence-electron chi connectivity index (χ0n) is 6.51. The van der Waals surface area contributed by atoms with Gasteiger partial charge in [-0.3, -0.25) is 4.90 Å². The summed E-state index contributed by atoms with van der Waals surface area (Å²) in [5.74, 6) is 0. The second-order valence-electron chi connectivity index (χ2n) is 3.31. The minimum Gasteiger partial charge on any atom is -0.389 e. The van der Waals surface area contributed by atoms with E-state index in [4.69, 9.17) is 5.73 Å². The molecule has 1 atom stereocenters. The zero-order chi connectivity index (χ0) is 7.61. The van der Waals surface area contributed by atoms with Crippen molar-refractivity contribution in [2.45, 2.75) is 18.9 Å². The summed E-state index contributed by atoms with van der Waals surface area (Å²) in [5, 5.41) is 9.51. The lowest BCUT2D eigenvalue weighted by molar-refractivity contribution is 0.0692. The van der Waals surface area contributed by atoms with Gasteiger partial charge in [-0.1, -0.05) is 0 Å². The van der Waals surface area contributed by atoms with Gasteiger partial charge < -0.3 is 10.8 Å². The normalized spacial score (nSPS) is 35.1. The van der Waals surface area contributed by atoms with E-state index < -0.39 is 5.60 Å². The molecule has 1 rings (SSSR count). The minimum absolute atomic E-state index is 0.463. The average molecular weight is 144 g/mol. The first kappa shape index (κ1) is 7.98. The zero-order valence-corrected chi connectivity index (χ0v) is 6.51. The van der Waals surface area contributed by atoms with E-state index in [1.165, 1.54) is 0 Å². The van der Waals surface area contributed by atoms with Crippen molar-refractivity contribution in [2.24, 2.45) is 5.73 Å². The molecule has 10 heavy (non-hydrogen) atoms. The first-order chi connectivity index (χ1) is 4.64. The van der Waals surface area contributed by atoms with Crippen molar-refractivity contribution in [1.82, 2.24) is 4.90 Å². The highest BCUT2D eigenvalue weighted by molar-refractivity contribution is 4.85. The summed E-state index contributed by atoms with van der Waals surface area (Å²) in [5.41, 5.74) is 4.91. The van der Waals surface area contributed by atoms with Crippen LogP contribution in [0.25, 0.3) is 0 Å². The number of likely N-dealkylation sites (tertiary alicyclic amines) is 1. The topological polar surface area (TPSA) is 49.5 Å². The monoisotopic (exact) mass is 144 g/mol. The lowest BCUT2D eigenvalue weighted by Crippen LogP contribution is -2.32. The quantitative estimate of drug-likeness (QED) is 0.544. The van der Waals surface area contributed by atoms with Gasteiger partial charge in [0, 0.05) is 26.2 Å². The Morgan fingerprint density at radius 3 is 2.80 bits per heavy atom. The molecule has 1 saturated heterocycles. The number of hydrogen-bond acceptors (Lipinski definition) is 3. The van der Waals surface area contributed by atoms with Gasteiger partial charge in [-0.2, -0.15) is 0 Å². The van der Waals surface area contributed by atoms with Crippen molar-refractivity contribution in [1.29, 1.82) is 0 Å². The molecule has 0 aliphatic carbocycles. The molecule has 3 heteroatoms. The molecule has 0 saturated carbocycles. The van der Waals surface area contributed by atoms with E-state index in [9.17, 15) is 5.11 Å². The smallest absolute Gasteiger partial charge is 0.0758 e. The molecule has 1 unspecified atom stereocenters. The number of hydrogen-bond donors (Lipinski definition) is 2. The van der Waals surface area contributed by atoms with Crippen LogP contribution in [0.5, 0.6) is 0 Å². The molecule has 0 aromatic carbocycles. The Morgan fingerprint density at radius 2 is 2.40 bits per heavy atom. The van der Waals surface area contributed by atoms with Gasteiger partial charge in [0.2, 0.25) is 0 Å². The van der Waals surface area contributed by atoms with Gasteiger partial charge in [0.1, 0.15) is 0 Å². The Hall–Kier alpha value is -0.120. The Labute approximate surface area is 61.8 Å². The van der Waals surface area contributed by atoms with Crippen LogP contribution in [-0.4, -0.2) is 41.8 Å². The van der Waals surface area contributed by atoms with E-state index in [0.29, 0.717) is 6.54 Å². The van der Waals surface area contributed by atoms with Crippen LogP contribution in [-0.2, 0) is 0 Å². The minimum atomic E-state index is -0.463. The third-order valence-corrected chi connectivity index (χ3v) is 1.98. The number of aliphatic hydroxyl groups is 1. The molecule has 1 aliphatic rings. The van der Waals surface area contributed by atoms with Crippen molar-refractivity contribution in [3.63, 3.8) is 0 Å². The molecule has 1 fully saturated rings. The third kappa shape index (κ3) is 1.94.